The van der Waals surface area contributed by atoms with Crippen molar-refractivity contribution >= 4 is 37.8 Å². The molecular formula is C12H14Br2FNO. The lowest BCUT2D eigenvalue weighted by atomic mass is 10.2. The van der Waals surface area contributed by atoms with Gasteiger partial charge in [0.1, 0.15) is 5.82 Å². The van der Waals surface area contributed by atoms with Crippen molar-refractivity contribution in [2.24, 2.45) is 0 Å². The van der Waals surface area contributed by atoms with Crippen molar-refractivity contribution < 1.29 is 9.18 Å². The van der Waals surface area contributed by atoms with Gasteiger partial charge >= 0.3 is 0 Å². The van der Waals surface area contributed by atoms with E-state index in [1.165, 1.54) is 18.2 Å². The molecule has 0 fully saturated rings. The van der Waals surface area contributed by atoms with Crippen molar-refractivity contribution in [3.8, 4) is 0 Å². The number of rotatable bonds is 5. The van der Waals surface area contributed by atoms with Crippen LogP contribution in [0.25, 0.3) is 0 Å². The van der Waals surface area contributed by atoms with Crippen molar-refractivity contribution in [1.82, 2.24) is 5.32 Å². The summed E-state index contributed by atoms with van der Waals surface area (Å²) in [5.41, 5.74) is 0.457. The van der Waals surface area contributed by atoms with Crippen molar-refractivity contribution in [3.05, 3.63) is 34.1 Å². The van der Waals surface area contributed by atoms with Crippen LogP contribution in [0.2, 0.25) is 0 Å². The van der Waals surface area contributed by atoms with Crippen LogP contribution in [0.5, 0.6) is 0 Å². The summed E-state index contributed by atoms with van der Waals surface area (Å²) in [5.74, 6) is -0.541. The molecule has 94 valence electrons. The third kappa shape index (κ3) is 5.17. The molecule has 0 saturated carbocycles. The van der Waals surface area contributed by atoms with Gasteiger partial charge in [-0.15, -0.1) is 0 Å². The van der Waals surface area contributed by atoms with Gasteiger partial charge in [0.2, 0.25) is 0 Å². The van der Waals surface area contributed by atoms with Crippen molar-refractivity contribution in [2.45, 2.75) is 24.6 Å². The van der Waals surface area contributed by atoms with E-state index in [9.17, 15) is 9.18 Å². The molecule has 0 aliphatic rings. The van der Waals surface area contributed by atoms with Crippen molar-refractivity contribution in [2.75, 3.05) is 6.54 Å². The molecule has 1 aromatic rings. The van der Waals surface area contributed by atoms with E-state index in [1.54, 1.807) is 0 Å². The molecule has 0 radical (unpaired) electrons. The molecule has 0 bridgehead atoms. The highest BCUT2D eigenvalue weighted by atomic mass is 79.9. The second kappa shape index (κ2) is 7.11. The monoisotopic (exact) mass is 365 g/mol. The standard InChI is InChI=1S/C12H14Br2FNO/c1-8(13)3-2-6-16-12(17)10-5-4-9(15)7-11(10)14/h4-5,7-8H,2-3,6H2,1H3,(H,16,17). The number of hydrogen-bond acceptors (Lipinski definition) is 1. The summed E-state index contributed by atoms with van der Waals surface area (Å²) < 4.78 is 13.3. The lowest BCUT2D eigenvalue weighted by molar-refractivity contribution is 0.0952. The summed E-state index contributed by atoms with van der Waals surface area (Å²) >= 11 is 6.62. The smallest absolute Gasteiger partial charge is 0.252 e. The molecule has 17 heavy (non-hydrogen) atoms. The molecule has 1 N–H and O–H groups in total. The molecule has 0 heterocycles. The first-order valence-corrected chi connectivity index (χ1v) is 7.09. The van der Waals surface area contributed by atoms with Gasteiger partial charge in [-0.3, -0.25) is 4.79 Å². The zero-order valence-corrected chi connectivity index (χ0v) is 12.6. The summed E-state index contributed by atoms with van der Waals surface area (Å²) in [5, 5.41) is 2.80. The van der Waals surface area contributed by atoms with Gasteiger partial charge in [0.15, 0.2) is 0 Å². The Bertz CT molecular complexity index is 396. The Hall–Kier alpha value is -0.420. The van der Waals surface area contributed by atoms with Crippen LogP contribution in [-0.4, -0.2) is 17.3 Å². The van der Waals surface area contributed by atoms with Crippen LogP contribution >= 0.6 is 31.9 Å². The predicted molar refractivity (Wildman–Crippen MR) is 74.1 cm³/mol. The number of alkyl halides is 1. The van der Waals surface area contributed by atoms with Gasteiger partial charge in [0, 0.05) is 15.8 Å². The van der Waals surface area contributed by atoms with Gasteiger partial charge < -0.3 is 5.32 Å². The van der Waals surface area contributed by atoms with Crippen LogP contribution < -0.4 is 5.32 Å². The van der Waals surface area contributed by atoms with Gasteiger partial charge in [-0.25, -0.2) is 4.39 Å². The average Bonchev–Trinajstić information content (AvgIpc) is 2.23. The Balaban J connectivity index is 2.47. The molecule has 1 rings (SSSR count). The first kappa shape index (κ1) is 14.6. The molecule has 1 aromatic carbocycles. The molecule has 5 heteroatoms. The quantitative estimate of drug-likeness (QED) is 0.621. The number of nitrogens with one attached hydrogen (secondary N) is 1. The Morgan fingerprint density at radius 2 is 2.24 bits per heavy atom. The average molecular weight is 367 g/mol. The normalized spacial score (nSPS) is 12.2. The molecule has 1 atom stereocenters. The first-order valence-electron chi connectivity index (χ1n) is 5.38. The SMILES string of the molecule is CC(Br)CCCNC(=O)c1ccc(F)cc1Br. The van der Waals surface area contributed by atoms with Gasteiger partial charge in [-0.2, -0.15) is 0 Å². The molecule has 2 nitrogen and oxygen atoms in total. The second-order valence-corrected chi connectivity index (χ2v) is 6.22. The summed E-state index contributed by atoms with van der Waals surface area (Å²) in [6, 6.07) is 4.04. The zero-order chi connectivity index (χ0) is 12.8. The fourth-order valence-corrected chi connectivity index (χ4v) is 2.21. The van der Waals surface area contributed by atoms with Gasteiger partial charge in [-0.1, -0.05) is 22.9 Å². The maximum atomic E-state index is 12.8. The highest BCUT2D eigenvalue weighted by molar-refractivity contribution is 9.10. The van der Waals surface area contributed by atoms with Crippen LogP contribution in [0.4, 0.5) is 4.39 Å². The van der Waals surface area contributed by atoms with Crippen molar-refractivity contribution in [1.29, 1.82) is 0 Å². The maximum absolute atomic E-state index is 12.8. The Morgan fingerprint density at radius 1 is 1.53 bits per heavy atom. The van der Waals surface area contributed by atoms with Crippen LogP contribution in [0.3, 0.4) is 0 Å². The highest BCUT2D eigenvalue weighted by Crippen LogP contribution is 2.17. The predicted octanol–water partition coefficient (Wildman–Crippen LogP) is 3.88. The number of amides is 1. The van der Waals surface area contributed by atoms with Crippen LogP contribution in [-0.2, 0) is 0 Å². The minimum atomic E-state index is -0.360. The first-order chi connectivity index (χ1) is 8.00. The number of halogens is 3. The minimum Gasteiger partial charge on any atom is -0.352 e. The number of carbonyl (C=O) groups excluding carboxylic acids is 1. The van der Waals surface area contributed by atoms with Crippen LogP contribution in [0.15, 0.2) is 22.7 Å². The van der Waals surface area contributed by atoms with E-state index < -0.39 is 0 Å². The van der Waals surface area contributed by atoms with Crippen LogP contribution in [0, 0.1) is 5.82 Å². The minimum absolute atomic E-state index is 0.181. The fourth-order valence-electron chi connectivity index (χ4n) is 1.35. The fraction of sp³-hybridized carbons (Fsp3) is 0.417. The number of hydrogen-bond donors (Lipinski definition) is 1. The summed E-state index contributed by atoms with van der Waals surface area (Å²) in [7, 11) is 0. The topological polar surface area (TPSA) is 29.1 Å². The molecule has 0 spiro atoms. The summed E-state index contributed by atoms with van der Waals surface area (Å²) in [4.78, 5) is 12.2. The van der Waals surface area contributed by atoms with E-state index in [2.05, 4.69) is 44.1 Å². The highest BCUT2D eigenvalue weighted by Gasteiger charge is 2.09. The molecule has 0 aliphatic carbocycles. The third-order valence-corrected chi connectivity index (χ3v) is 3.35. The van der Waals surface area contributed by atoms with Gasteiger partial charge in [0.05, 0.1) is 5.56 Å². The Kier molecular flexibility index (Phi) is 6.12. The Morgan fingerprint density at radius 3 is 2.82 bits per heavy atom. The van der Waals surface area contributed by atoms with Gasteiger partial charge in [0.25, 0.3) is 5.91 Å². The maximum Gasteiger partial charge on any atom is 0.252 e. The van der Waals surface area contributed by atoms with E-state index in [-0.39, 0.29) is 11.7 Å². The van der Waals surface area contributed by atoms with E-state index in [0.29, 0.717) is 21.4 Å². The molecule has 0 aromatic heterocycles. The molecule has 0 aliphatic heterocycles. The van der Waals surface area contributed by atoms with Crippen molar-refractivity contribution in [3.63, 3.8) is 0 Å². The zero-order valence-electron chi connectivity index (χ0n) is 9.47. The lowest BCUT2D eigenvalue weighted by Gasteiger charge is -2.07. The molecule has 0 saturated heterocycles. The largest absolute Gasteiger partial charge is 0.352 e. The number of benzene rings is 1. The van der Waals surface area contributed by atoms with Gasteiger partial charge in [-0.05, 0) is 47.0 Å². The van der Waals surface area contributed by atoms with E-state index in [1.807, 2.05) is 0 Å². The number of carbonyl (C=O) groups is 1. The molecular weight excluding hydrogens is 353 g/mol. The lowest BCUT2D eigenvalue weighted by Crippen LogP contribution is -2.25. The second-order valence-electron chi connectivity index (χ2n) is 3.80. The summed E-state index contributed by atoms with van der Waals surface area (Å²) in [6.45, 7) is 2.69. The molecule has 1 amide bonds. The van der Waals surface area contributed by atoms with Crippen LogP contribution in [0.1, 0.15) is 30.1 Å². The van der Waals surface area contributed by atoms with E-state index in [4.69, 9.17) is 0 Å². The van der Waals surface area contributed by atoms with E-state index >= 15 is 0 Å². The summed E-state index contributed by atoms with van der Waals surface area (Å²) in [6.07, 6.45) is 1.92. The van der Waals surface area contributed by atoms with E-state index in [0.717, 1.165) is 12.8 Å². The molecule has 1 unspecified atom stereocenters. The Labute approximate surface area is 117 Å². The third-order valence-electron chi connectivity index (χ3n) is 2.24.